The molecule has 7 heteroatoms. The fourth-order valence-corrected chi connectivity index (χ4v) is 1.79. The maximum Gasteiger partial charge on any atom is 0.325 e. The van der Waals surface area contributed by atoms with Crippen LogP contribution < -0.4 is 0 Å². The van der Waals surface area contributed by atoms with Crippen LogP contribution in [0.15, 0.2) is 17.6 Å². The zero-order valence-corrected chi connectivity index (χ0v) is 8.73. The van der Waals surface area contributed by atoms with Gasteiger partial charge in [0.25, 0.3) is 0 Å². The normalized spacial score (nSPS) is 10.7. The third-order valence-electron chi connectivity index (χ3n) is 1.88. The Kier molecular flexibility index (Phi) is 2.55. The Balaban J connectivity index is 2.55. The number of hydrogen-bond acceptors (Lipinski definition) is 5. The molecular weight excluding hydrogens is 216 g/mol. The van der Waals surface area contributed by atoms with E-state index in [0.29, 0.717) is 5.65 Å². The van der Waals surface area contributed by atoms with E-state index < -0.39 is 5.97 Å². The van der Waals surface area contributed by atoms with Crippen LogP contribution in [0.2, 0.25) is 0 Å². The molecule has 0 saturated heterocycles. The lowest BCUT2D eigenvalue weighted by Gasteiger charge is -1.99. The van der Waals surface area contributed by atoms with Gasteiger partial charge in [-0.25, -0.2) is 14.6 Å². The van der Waals surface area contributed by atoms with E-state index in [4.69, 9.17) is 5.11 Å². The van der Waals surface area contributed by atoms with Crippen molar-refractivity contribution < 1.29 is 9.90 Å². The van der Waals surface area contributed by atoms with Gasteiger partial charge in [0.05, 0.1) is 11.6 Å². The van der Waals surface area contributed by atoms with Crippen LogP contribution in [0.25, 0.3) is 11.0 Å². The molecule has 2 rings (SSSR count). The topological polar surface area (TPSA) is 80.9 Å². The zero-order chi connectivity index (χ0) is 10.8. The average molecular weight is 224 g/mol. The predicted molar refractivity (Wildman–Crippen MR) is 54.7 cm³/mol. The van der Waals surface area contributed by atoms with Gasteiger partial charge in [-0.3, -0.25) is 4.79 Å². The number of nitrogens with zero attached hydrogens (tertiary/aromatic N) is 4. The van der Waals surface area contributed by atoms with Gasteiger partial charge in [0, 0.05) is 0 Å². The van der Waals surface area contributed by atoms with Crippen molar-refractivity contribution in [2.75, 3.05) is 6.26 Å². The Bertz CT molecular complexity index is 510. The van der Waals surface area contributed by atoms with Crippen LogP contribution in [0.3, 0.4) is 0 Å². The molecule has 2 heterocycles. The summed E-state index contributed by atoms with van der Waals surface area (Å²) in [5.41, 5.74) is 0.553. The standard InChI is InChI=1S/C8H8N4O2S/c1-15-8-5-2-11-12(3-6(13)14)7(5)9-4-10-8/h2,4H,3H2,1H3,(H,13,14). The van der Waals surface area contributed by atoms with Gasteiger partial charge in [-0.1, -0.05) is 0 Å². The molecule has 0 aromatic carbocycles. The smallest absolute Gasteiger partial charge is 0.325 e. The minimum atomic E-state index is -0.940. The Morgan fingerprint density at radius 2 is 2.40 bits per heavy atom. The number of carbonyl (C=O) groups is 1. The fraction of sp³-hybridized carbons (Fsp3) is 0.250. The van der Waals surface area contributed by atoms with E-state index in [1.54, 1.807) is 6.20 Å². The van der Waals surface area contributed by atoms with Gasteiger partial charge in [-0.05, 0) is 6.26 Å². The molecule has 0 radical (unpaired) electrons. The summed E-state index contributed by atoms with van der Waals surface area (Å²) < 4.78 is 1.35. The second-order valence-electron chi connectivity index (χ2n) is 2.82. The molecule has 1 N–H and O–H groups in total. The summed E-state index contributed by atoms with van der Waals surface area (Å²) in [7, 11) is 0. The molecular formula is C8H8N4O2S. The summed E-state index contributed by atoms with van der Waals surface area (Å²) >= 11 is 1.48. The van der Waals surface area contributed by atoms with Crippen molar-refractivity contribution in [3.05, 3.63) is 12.5 Å². The molecule has 0 spiro atoms. The molecule has 0 atom stereocenters. The maximum atomic E-state index is 10.6. The third-order valence-corrected chi connectivity index (χ3v) is 2.59. The van der Waals surface area contributed by atoms with Gasteiger partial charge in [-0.2, -0.15) is 5.10 Å². The molecule has 0 unspecified atom stereocenters. The first-order valence-electron chi connectivity index (χ1n) is 4.14. The minimum Gasteiger partial charge on any atom is -0.480 e. The van der Waals surface area contributed by atoms with Crippen LogP contribution >= 0.6 is 11.8 Å². The molecule has 0 fully saturated rings. The van der Waals surface area contributed by atoms with Crippen molar-refractivity contribution in [3.63, 3.8) is 0 Å². The quantitative estimate of drug-likeness (QED) is 0.608. The van der Waals surface area contributed by atoms with Crippen LogP contribution in [0.4, 0.5) is 0 Å². The van der Waals surface area contributed by atoms with Crippen molar-refractivity contribution >= 4 is 28.8 Å². The summed E-state index contributed by atoms with van der Waals surface area (Å²) in [5.74, 6) is -0.940. The van der Waals surface area contributed by atoms with E-state index in [9.17, 15) is 4.79 Å². The fourth-order valence-electron chi connectivity index (χ4n) is 1.28. The van der Waals surface area contributed by atoms with Crippen LogP contribution in [-0.4, -0.2) is 37.1 Å². The molecule has 0 amide bonds. The first-order valence-corrected chi connectivity index (χ1v) is 5.37. The first kappa shape index (κ1) is 9.91. The molecule has 0 aliphatic carbocycles. The maximum absolute atomic E-state index is 10.6. The van der Waals surface area contributed by atoms with E-state index in [1.165, 1.54) is 22.8 Å². The zero-order valence-electron chi connectivity index (χ0n) is 7.91. The highest BCUT2D eigenvalue weighted by atomic mass is 32.2. The van der Waals surface area contributed by atoms with Crippen molar-refractivity contribution in [2.45, 2.75) is 11.6 Å². The van der Waals surface area contributed by atoms with Crippen LogP contribution in [0.1, 0.15) is 0 Å². The van der Waals surface area contributed by atoms with Gasteiger partial charge in [0.15, 0.2) is 5.65 Å². The predicted octanol–water partition coefficient (Wildman–Crippen LogP) is 0.633. The van der Waals surface area contributed by atoms with Gasteiger partial charge in [0.1, 0.15) is 17.9 Å². The lowest BCUT2D eigenvalue weighted by Crippen LogP contribution is -2.10. The molecule has 15 heavy (non-hydrogen) atoms. The Labute approximate surface area is 89.3 Å². The van der Waals surface area contributed by atoms with E-state index in [-0.39, 0.29) is 6.54 Å². The SMILES string of the molecule is CSc1ncnc2c1cnn2CC(=O)O. The molecule has 0 saturated carbocycles. The number of carboxylic acids is 1. The lowest BCUT2D eigenvalue weighted by atomic mass is 10.4. The number of carboxylic acid groups (broad SMARTS) is 1. The van der Waals surface area contributed by atoms with Crippen molar-refractivity contribution in [3.8, 4) is 0 Å². The summed E-state index contributed by atoms with van der Waals surface area (Å²) in [6.07, 6.45) is 4.90. The summed E-state index contributed by atoms with van der Waals surface area (Å²) in [6, 6.07) is 0. The molecule has 6 nitrogen and oxygen atoms in total. The highest BCUT2D eigenvalue weighted by molar-refractivity contribution is 7.98. The summed E-state index contributed by atoms with van der Waals surface area (Å²) in [6.45, 7) is -0.186. The summed E-state index contributed by atoms with van der Waals surface area (Å²) in [4.78, 5) is 18.6. The van der Waals surface area contributed by atoms with Crippen LogP contribution in [0, 0.1) is 0 Å². The number of rotatable bonds is 3. The number of hydrogen-bond donors (Lipinski definition) is 1. The van der Waals surface area contributed by atoms with Crippen LogP contribution in [0.5, 0.6) is 0 Å². The number of fused-ring (bicyclic) bond motifs is 1. The molecule has 0 bridgehead atoms. The van der Waals surface area contributed by atoms with E-state index in [0.717, 1.165) is 10.4 Å². The number of aromatic nitrogens is 4. The van der Waals surface area contributed by atoms with Gasteiger partial charge in [-0.15, -0.1) is 11.8 Å². The largest absolute Gasteiger partial charge is 0.480 e. The Morgan fingerprint density at radius 1 is 1.60 bits per heavy atom. The van der Waals surface area contributed by atoms with Gasteiger partial charge in [0.2, 0.25) is 0 Å². The second-order valence-corrected chi connectivity index (χ2v) is 3.61. The van der Waals surface area contributed by atoms with Gasteiger partial charge < -0.3 is 5.11 Å². The van der Waals surface area contributed by atoms with Crippen molar-refractivity contribution in [1.29, 1.82) is 0 Å². The van der Waals surface area contributed by atoms with Crippen molar-refractivity contribution in [2.24, 2.45) is 0 Å². The Hall–Kier alpha value is -1.63. The first-order chi connectivity index (χ1) is 7.22. The number of aliphatic carboxylic acids is 1. The second kappa shape index (κ2) is 3.85. The van der Waals surface area contributed by atoms with Gasteiger partial charge >= 0.3 is 5.97 Å². The third kappa shape index (κ3) is 1.78. The monoisotopic (exact) mass is 224 g/mol. The highest BCUT2D eigenvalue weighted by Gasteiger charge is 2.10. The average Bonchev–Trinajstić information content (AvgIpc) is 2.61. The molecule has 0 aliphatic rings. The van der Waals surface area contributed by atoms with Crippen molar-refractivity contribution in [1.82, 2.24) is 19.7 Å². The molecule has 2 aromatic rings. The van der Waals surface area contributed by atoms with E-state index >= 15 is 0 Å². The van der Waals surface area contributed by atoms with E-state index in [1.807, 2.05) is 6.26 Å². The summed E-state index contributed by atoms with van der Waals surface area (Å²) in [5, 5.41) is 14.2. The highest BCUT2D eigenvalue weighted by Crippen LogP contribution is 2.21. The molecule has 2 aromatic heterocycles. The van der Waals surface area contributed by atoms with Crippen LogP contribution in [-0.2, 0) is 11.3 Å². The molecule has 0 aliphatic heterocycles. The Morgan fingerprint density at radius 3 is 3.07 bits per heavy atom. The number of thioether (sulfide) groups is 1. The molecule has 78 valence electrons. The lowest BCUT2D eigenvalue weighted by molar-refractivity contribution is -0.137. The van der Waals surface area contributed by atoms with E-state index in [2.05, 4.69) is 15.1 Å². The minimum absolute atomic E-state index is 0.186.